The minimum absolute atomic E-state index is 0.610. The predicted molar refractivity (Wildman–Crippen MR) is 95.8 cm³/mol. The zero-order valence-electron chi connectivity index (χ0n) is 12.8. The van der Waals surface area contributed by atoms with E-state index in [1.54, 1.807) is 22.2 Å². The van der Waals surface area contributed by atoms with Crippen LogP contribution in [-0.2, 0) is 6.54 Å². The third-order valence-electron chi connectivity index (χ3n) is 3.52. The van der Waals surface area contributed by atoms with Crippen LogP contribution in [0.1, 0.15) is 10.7 Å². The van der Waals surface area contributed by atoms with Crippen molar-refractivity contribution in [3.05, 3.63) is 57.9 Å². The van der Waals surface area contributed by atoms with Gasteiger partial charge in [-0.15, -0.1) is 11.3 Å². The molecule has 8 heteroatoms. The third kappa shape index (κ3) is 2.83. The molecule has 0 unspecified atom stereocenters. The number of benzene rings is 1. The first-order chi connectivity index (χ1) is 11.7. The van der Waals surface area contributed by atoms with E-state index in [1.807, 2.05) is 36.6 Å². The van der Waals surface area contributed by atoms with E-state index in [2.05, 4.69) is 25.4 Å². The molecular weight excluding hydrogens is 344 g/mol. The van der Waals surface area contributed by atoms with Gasteiger partial charge in [-0.05, 0) is 25.1 Å². The zero-order valence-corrected chi connectivity index (χ0v) is 14.3. The maximum Gasteiger partial charge on any atom is 0.168 e. The Kier molecular flexibility index (Phi) is 3.87. The normalized spacial score (nSPS) is 11.1. The molecule has 120 valence electrons. The second-order valence-electron chi connectivity index (χ2n) is 5.21. The van der Waals surface area contributed by atoms with Gasteiger partial charge in [-0.2, -0.15) is 5.10 Å². The molecule has 0 fully saturated rings. The topological polar surface area (TPSA) is 68.5 Å². The molecule has 0 atom stereocenters. The number of hydrogen-bond donors (Lipinski definition) is 1. The van der Waals surface area contributed by atoms with Gasteiger partial charge in [-0.25, -0.2) is 19.6 Å². The maximum absolute atomic E-state index is 6.07. The summed E-state index contributed by atoms with van der Waals surface area (Å²) in [7, 11) is 0. The first kappa shape index (κ1) is 15.0. The molecule has 3 aromatic heterocycles. The average molecular weight is 357 g/mol. The lowest BCUT2D eigenvalue weighted by Crippen LogP contribution is -2.03. The minimum atomic E-state index is 0.610. The molecule has 1 aromatic carbocycles. The van der Waals surface area contributed by atoms with E-state index in [0.29, 0.717) is 11.6 Å². The lowest BCUT2D eigenvalue weighted by molar-refractivity contribution is 0.895. The van der Waals surface area contributed by atoms with Gasteiger partial charge in [0, 0.05) is 10.4 Å². The summed E-state index contributed by atoms with van der Waals surface area (Å²) in [5, 5.41) is 12.3. The van der Waals surface area contributed by atoms with Crippen molar-refractivity contribution in [3.63, 3.8) is 0 Å². The van der Waals surface area contributed by atoms with Crippen molar-refractivity contribution in [1.29, 1.82) is 0 Å². The highest BCUT2D eigenvalue weighted by Gasteiger charge is 2.11. The van der Waals surface area contributed by atoms with Crippen molar-refractivity contribution in [2.45, 2.75) is 13.5 Å². The first-order valence-corrected chi connectivity index (χ1v) is 8.56. The molecule has 3 heterocycles. The van der Waals surface area contributed by atoms with Gasteiger partial charge in [0.2, 0.25) is 0 Å². The van der Waals surface area contributed by atoms with Crippen LogP contribution in [0.25, 0.3) is 16.7 Å². The Morgan fingerprint density at radius 1 is 1.29 bits per heavy atom. The lowest BCUT2D eigenvalue weighted by Gasteiger charge is -2.06. The summed E-state index contributed by atoms with van der Waals surface area (Å²) in [4.78, 5) is 13.1. The van der Waals surface area contributed by atoms with Crippen LogP contribution in [0.15, 0.2) is 42.2 Å². The van der Waals surface area contributed by atoms with Crippen molar-refractivity contribution in [1.82, 2.24) is 24.7 Å². The summed E-state index contributed by atoms with van der Waals surface area (Å²) < 4.78 is 1.75. The Balaban J connectivity index is 1.68. The molecule has 1 N–H and O–H groups in total. The molecule has 0 radical (unpaired) electrons. The molecule has 4 aromatic rings. The molecule has 6 nitrogen and oxygen atoms in total. The molecule has 0 amide bonds. The van der Waals surface area contributed by atoms with Gasteiger partial charge in [-0.1, -0.05) is 17.7 Å². The van der Waals surface area contributed by atoms with Gasteiger partial charge in [0.1, 0.15) is 12.1 Å². The number of aryl methyl sites for hydroxylation is 1. The molecular formula is C16H13ClN6S. The maximum atomic E-state index is 6.07. The fraction of sp³-hybridized carbons (Fsp3) is 0.125. The van der Waals surface area contributed by atoms with Crippen LogP contribution in [0.2, 0.25) is 5.02 Å². The molecule has 0 saturated carbocycles. The van der Waals surface area contributed by atoms with Crippen LogP contribution in [-0.4, -0.2) is 24.7 Å². The van der Waals surface area contributed by atoms with Crippen LogP contribution in [0, 0.1) is 6.92 Å². The smallest absolute Gasteiger partial charge is 0.168 e. The van der Waals surface area contributed by atoms with Gasteiger partial charge in [0.25, 0.3) is 0 Å². The van der Waals surface area contributed by atoms with E-state index in [9.17, 15) is 0 Å². The Labute approximate surface area is 147 Å². The first-order valence-electron chi connectivity index (χ1n) is 7.30. The molecule has 24 heavy (non-hydrogen) atoms. The summed E-state index contributed by atoms with van der Waals surface area (Å²) >= 11 is 7.70. The van der Waals surface area contributed by atoms with Crippen molar-refractivity contribution >= 4 is 39.8 Å². The monoisotopic (exact) mass is 356 g/mol. The van der Waals surface area contributed by atoms with Crippen LogP contribution >= 0.6 is 22.9 Å². The largest absolute Gasteiger partial charge is 0.364 e. The van der Waals surface area contributed by atoms with E-state index in [1.165, 1.54) is 6.33 Å². The van der Waals surface area contributed by atoms with E-state index in [-0.39, 0.29) is 0 Å². The number of rotatable bonds is 4. The fourth-order valence-electron chi connectivity index (χ4n) is 2.45. The molecule has 0 bridgehead atoms. The number of nitrogens with one attached hydrogen (secondary N) is 1. The number of thiazole rings is 1. The number of halogens is 1. The summed E-state index contributed by atoms with van der Waals surface area (Å²) in [5.74, 6) is 0.735. The molecule has 0 aliphatic heterocycles. The van der Waals surface area contributed by atoms with Gasteiger partial charge >= 0.3 is 0 Å². The predicted octanol–water partition coefficient (Wildman–Crippen LogP) is 3.85. The van der Waals surface area contributed by atoms with E-state index in [0.717, 1.165) is 33.2 Å². The SMILES string of the molecule is Cc1nc(CNc2ncnc3c2cnn3-c2cccc(Cl)c2)cs1. The highest BCUT2D eigenvalue weighted by atomic mass is 35.5. The van der Waals surface area contributed by atoms with E-state index in [4.69, 9.17) is 11.6 Å². The van der Waals surface area contributed by atoms with Crippen molar-refractivity contribution in [2.75, 3.05) is 5.32 Å². The third-order valence-corrected chi connectivity index (χ3v) is 4.58. The van der Waals surface area contributed by atoms with Crippen LogP contribution in [0.5, 0.6) is 0 Å². The summed E-state index contributed by atoms with van der Waals surface area (Å²) in [6, 6.07) is 7.50. The number of hydrogen-bond acceptors (Lipinski definition) is 6. The molecule has 0 aliphatic carbocycles. The second-order valence-corrected chi connectivity index (χ2v) is 6.71. The van der Waals surface area contributed by atoms with Crippen LogP contribution in [0.3, 0.4) is 0 Å². The Hall–Kier alpha value is -2.51. The summed E-state index contributed by atoms with van der Waals surface area (Å²) in [5.41, 5.74) is 2.58. The van der Waals surface area contributed by atoms with Crippen LogP contribution in [0.4, 0.5) is 5.82 Å². The Morgan fingerprint density at radius 2 is 2.21 bits per heavy atom. The van der Waals surface area contributed by atoms with Crippen molar-refractivity contribution in [2.24, 2.45) is 0 Å². The standard InChI is InChI=1S/C16H13ClN6S/c1-10-22-12(8-24-10)6-18-15-14-7-21-23(16(14)20-9-19-15)13-4-2-3-11(17)5-13/h2-5,7-9H,6H2,1H3,(H,18,19,20). The quantitative estimate of drug-likeness (QED) is 0.601. The summed E-state index contributed by atoms with van der Waals surface area (Å²) in [6.07, 6.45) is 3.28. The highest BCUT2D eigenvalue weighted by Crippen LogP contribution is 2.23. The average Bonchev–Trinajstić information content (AvgIpc) is 3.19. The van der Waals surface area contributed by atoms with Crippen LogP contribution < -0.4 is 5.32 Å². The molecule has 0 saturated heterocycles. The number of anilines is 1. The Bertz CT molecular complexity index is 1010. The van der Waals surface area contributed by atoms with Crippen molar-refractivity contribution in [3.8, 4) is 5.69 Å². The van der Waals surface area contributed by atoms with E-state index >= 15 is 0 Å². The van der Waals surface area contributed by atoms with Crippen molar-refractivity contribution < 1.29 is 0 Å². The second kappa shape index (κ2) is 6.18. The number of fused-ring (bicyclic) bond motifs is 1. The number of nitrogens with zero attached hydrogens (tertiary/aromatic N) is 5. The highest BCUT2D eigenvalue weighted by molar-refractivity contribution is 7.09. The summed E-state index contributed by atoms with van der Waals surface area (Å²) in [6.45, 7) is 2.60. The fourth-order valence-corrected chi connectivity index (χ4v) is 3.24. The zero-order chi connectivity index (χ0) is 16.5. The molecule has 0 aliphatic rings. The molecule has 0 spiro atoms. The van der Waals surface area contributed by atoms with Gasteiger partial charge < -0.3 is 5.32 Å². The minimum Gasteiger partial charge on any atom is -0.364 e. The van der Waals surface area contributed by atoms with Gasteiger partial charge in [-0.3, -0.25) is 0 Å². The molecule has 4 rings (SSSR count). The van der Waals surface area contributed by atoms with Gasteiger partial charge in [0.15, 0.2) is 5.65 Å². The Morgan fingerprint density at radius 3 is 3.00 bits per heavy atom. The number of aromatic nitrogens is 5. The van der Waals surface area contributed by atoms with Gasteiger partial charge in [0.05, 0.1) is 34.5 Å². The van der Waals surface area contributed by atoms with E-state index < -0.39 is 0 Å². The lowest BCUT2D eigenvalue weighted by atomic mass is 10.3.